The molecule has 21 heavy (non-hydrogen) atoms. The van der Waals surface area contributed by atoms with Crippen molar-refractivity contribution >= 4 is 33.5 Å². The zero-order valence-electron chi connectivity index (χ0n) is 11.5. The molecule has 0 bridgehead atoms. The van der Waals surface area contributed by atoms with Crippen molar-refractivity contribution in [2.24, 2.45) is 0 Å². The standard InChI is InChI=1S/C13H13BrN6O/c1-7(2)21-13-19-11(16)18-12(20-13)17-10-4-3-8(6-15)5-9(10)14/h3-5,7H,1-2H3,(H3,16,17,18,19,20). The molecule has 1 heterocycles. The quantitative estimate of drug-likeness (QED) is 0.873. The van der Waals surface area contributed by atoms with Gasteiger partial charge in [0, 0.05) is 4.47 Å². The van der Waals surface area contributed by atoms with Crippen LogP contribution in [0.15, 0.2) is 22.7 Å². The van der Waals surface area contributed by atoms with E-state index in [-0.39, 0.29) is 24.0 Å². The summed E-state index contributed by atoms with van der Waals surface area (Å²) in [5.74, 6) is 0.330. The van der Waals surface area contributed by atoms with E-state index in [1.54, 1.807) is 18.2 Å². The summed E-state index contributed by atoms with van der Waals surface area (Å²) in [6.45, 7) is 3.73. The van der Waals surface area contributed by atoms with E-state index in [2.05, 4.69) is 42.3 Å². The fourth-order valence-electron chi connectivity index (χ4n) is 1.50. The number of nitriles is 1. The molecule has 0 aliphatic rings. The first kappa shape index (κ1) is 15.0. The number of ether oxygens (including phenoxy) is 1. The molecule has 0 saturated heterocycles. The van der Waals surface area contributed by atoms with Crippen molar-refractivity contribution in [1.29, 1.82) is 5.26 Å². The number of aromatic nitrogens is 3. The number of nitrogens with zero attached hydrogens (tertiary/aromatic N) is 4. The second-order valence-electron chi connectivity index (χ2n) is 4.40. The highest BCUT2D eigenvalue weighted by Gasteiger charge is 2.09. The summed E-state index contributed by atoms with van der Waals surface area (Å²) in [5, 5.41) is 11.8. The minimum atomic E-state index is -0.0682. The Labute approximate surface area is 130 Å². The lowest BCUT2D eigenvalue weighted by atomic mass is 10.2. The molecule has 0 aliphatic carbocycles. The normalized spacial score (nSPS) is 10.2. The first-order chi connectivity index (χ1) is 9.97. The number of rotatable bonds is 4. The number of hydrogen-bond acceptors (Lipinski definition) is 7. The highest BCUT2D eigenvalue weighted by atomic mass is 79.9. The van der Waals surface area contributed by atoms with Gasteiger partial charge in [-0.05, 0) is 48.0 Å². The summed E-state index contributed by atoms with van der Waals surface area (Å²) in [6, 6.07) is 7.34. The second kappa shape index (κ2) is 6.37. The SMILES string of the molecule is CC(C)Oc1nc(N)nc(Nc2ccc(C#N)cc2Br)n1. The number of halogens is 1. The van der Waals surface area contributed by atoms with Crippen LogP contribution in [0.1, 0.15) is 19.4 Å². The lowest BCUT2D eigenvalue weighted by Crippen LogP contribution is -2.11. The van der Waals surface area contributed by atoms with E-state index < -0.39 is 0 Å². The Kier molecular flexibility index (Phi) is 4.55. The number of nitrogen functional groups attached to an aromatic ring is 1. The van der Waals surface area contributed by atoms with Crippen LogP contribution in [0.25, 0.3) is 0 Å². The van der Waals surface area contributed by atoms with Crippen molar-refractivity contribution < 1.29 is 4.74 Å². The summed E-state index contributed by atoms with van der Waals surface area (Å²) in [7, 11) is 0. The third-order valence-electron chi connectivity index (χ3n) is 2.32. The van der Waals surface area contributed by atoms with Crippen molar-refractivity contribution in [3.05, 3.63) is 28.2 Å². The maximum absolute atomic E-state index is 8.84. The molecule has 2 aromatic rings. The zero-order valence-corrected chi connectivity index (χ0v) is 13.0. The molecule has 0 atom stereocenters. The number of hydrogen-bond donors (Lipinski definition) is 2. The molecular weight excluding hydrogens is 336 g/mol. The fourth-order valence-corrected chi connectivity index (χ4v) is 1.98. The monoisotopic (exact) mass is 348 g/mol. The van der Waals surface area contributed by atoms with Crippen molar-refractivity contribution in [2.45, 2.75) is 20.0 Å². The van der Waals surface area contributed by atoms with Crippen LogP contribution >= 0.6 is 15.9 Å². The third-order valence-corrected chi connectivity index (χ3v) is 2.97. The first-order valence-electron chi connectivity index (χ1n) is 6.13. The van der Waals surface area contributed by atoms with Crippen molar-refractivity contribution in [3.8, 4) is 12.1 Å². The lowest BCUT2D eigenvalue weighted by Gasteiger charge is -2.11. The van der Waals surface area contributed by atoms with Crippen molar-refractivity contribution in [2.75, 3.05) is 11.1 Å². The Balaban J connectivity index is 2.27. The molecule has 0 spiro atoms. The smallest absolute Gasteiger partial charge is 0.323 e. The van der Waals surface area contributed by atoms with E-state index >= 15 is 0 Å². The van der Waals surface area contributed by atoms with Gasteiger partial charge in [0.1, 0.15) is 0 Å². The van der Waals surface area contributed by atoms with Crippen LogP contribution in [0, 0.1) is 11.3 Å². The predicted molar refractivity (Wildman–Crippen MR) is 82.1 cm³/mol. The largest absolute Gasteiger partial charge is 0.461 e. The Morgan fingerprint density at radius 3 is 2.71 bits per heavy atom. The van der Waals surface area contributed by atoms with Crippen LogP contribution in [-0.2, 0) is 0 Å². The Morgan fingerprint density at radius 1 is 1.33 bits per heavy atom. The number of anilines is 3. The minimum Gasteiger partial charge on any atom is -0.461 e. The van der Waals surface area contributed by atoms with Crippen molar-refractivity contribution in [3.63, 3.8) is 0 Å². The average molecular weight is 349 g/mol. The molecule has 0 radical (unpaired) electrons. The lowest BCUT2D eigenvalue weighted by molar-refractivity contribution is 0.222. The summed E-state index contributed by atoms with van der Waals surface area (Å²) < 4.78 is 6.12. The molecule has 0 fully saturated rings. The number of benzene rings is 1. The van der Waals surface area contributed by atoms with Gasteiger partial charge in [0.05, 0.1) is 23.4 Å². The summed E-state index contributed by atoms with van der Waals surface area (Å²) in [4.78, 5) is 12.0. The van der Waals surface area contributed by atoms with Gasteiger partial charge in [0.15, 0.2) is 0 Å². The molecular formula is C13H13BrN6O. The van der Waals surface area contributed by atoms with E-state index in [0.717, 1.165) is 0 Å². The van der Waals surface area contributed by atoms with Gasteiger partial charge >= 0.3 is 6.01 Å². The molecule has 108 valence electrons. The first-order valence-corrected chi connectivity index (χ1v) is 6.92. The highest BCUT2D eigenvalue weighted by molar-refractivity contribution is 9.10. The van der Waals surface area contributed by atoms with Crippen LogP contribution in [0.2, 0.25) is 0 Å². The van der Waals surface area contributed by atoms with Gasteiger partial charge in [-0.1, -0.05) is 0 Å². The van der Waals surface area contributed by atoms with Gasteiger partial charge < -0.3 is 15.8 Å². The summed E-state index contributed by atoms with van der Waals surface area (Å²) in [5.41, 5.74) is 6.89. The Bertz CT molecular complexity index is 698. The topological polar surface area (TPSA) is 110 Å². The average Bonchev–Trinajstić information content (AvgIpc) is 2.39. The summed E-state index contributed by atoms with van der Waals surface area (Å²) in [6.07, 6.45) is -0.0682. The van der Waals surface area contributed by atoms with E-state index in [0.29, 0.717) is 15.7 Å². The second-order valence-corrected chi connectivity index (χ2v) is 5.25. The highest BCUT2D eigenvalue weighted by Crippen LogP contribution is 2.26. The van der Waals surface area contributed by atoms with Gasteiger partial charge in [-0.3, -0.25) is 0 Å². The van der Waals surface area contributed by atoms with Gasteiger partial charge in [-0.2, -0.15) is 20.2 Å². The fraction of sp³-hybridized carbons (Fsp3) is 0.231. The number of nitrogens with two attached hydrogens (primary N) is 1. The van der Waals surface area contributed by atoms with Crippen LogP contribution in [0.4, 0.5) is 17.6 Å². The Hall–Kier alpha value is -2.40. The van der Waals surface area contributed by atoms with Crippen molar-refractivity contribution in [1.82, 2.24) is 15.0 Å². The summed E-state index contributed by atoms with van der Waals surface area (Å²) >= 11 is 3.38. The Morgan fingerprint density at radius 2 is 2.10 bits per heavy atom. The maximum Gasteiger partial charge on any atom is 0.323 e. The van der Waals surface area contributed by atoms with E-state index in [9.17, 15) is 0 Å². The minimum absolute atomic E-state index is 0.0629. The van der Waals surface area contributed by atoms with Crippen LogP contribution in [0.3, 0.4) is 0 Å². The number of nitrogens with one attached hydrogen (secondary N) is 1. The molecule has 2 rings (SSSR count). The molecule has 0 aliphatic heterocycles. The van der Waals surface area contributed by atoms with E-state index in [4.69, 9.17) is 15.7 Å². The van der Waals surface area contributed by atoms with Crippen LogP contribution < -0.4 is 15.8 Å². The molecule has 0 unspecified atom stereocenters. The molecule has 1 aromatic carbocycles. The van der Waals surface area contributed by atoms with Crippen LogP contribution in [0.5, 0.6) is 6.01 Å². The predicted octanol–water partition coefficient (Wildman–Crippen LogP) is 2.62. The van der Waals surface area contributed by atoms with Gasteiger partial charge in [0.2, 0.25) is 11.9 Å². The molecule has 8 heteroatoms. The van der Waals surface area contributed by atoms with E-state index in [1.807, 2.05) is 13.8 Å². The molecule has 0 amide bonds. The zero-order chi connectivity index (χ0) is 15.4. The van der Waals surface area contributed by atoms with E-state index in [1.165, 1.54) is 0 Å². The van der Waals surface area contributed by atoms with Gasteiger partial charge in [-0.25, -0.2) is 0 Å². The molecule has 7 nitrogen and oxygen atoms in total. The molecule has 0 saturated carbocycles. The van der Waals surface area contributed by atoms with Crippen LogP contribution in [-0.4, -0.2) is 21.1 Å². The maximum atomic E-state index is 8.84. The molecule has 1 aromatic heterocycles. The van der Waals surface area contributed by atoms with Gasteiger partial charge in [-0.15, -0.1) is 0 Å². The van der Waals surface area contributed by atoms with Gasteiger partial charge in [0.25, 0.3) is 0 Å². The third kappa shape index (κ3) is 4.03. The molecule has 3 N–H and O–H groups in total.